The number of amides is 1. The zero-order valence-electron chi connectivity index (χ0n) is 24.5. The summed E-state index contributed by atoms with van der Waals surface area (Å²) in [5.74, 6) is 0.243. The number of pyridine rings is 1. The van der Waals surface area contributed by atoms with Gasteiger partial charge in [0.1, 0.15) is 5.69 Å². The normalized spacial score (nSPS) is 13.7. The van der Waals surface area contributed by atoms with Crippen LogP contribution in [0.4, 0.5) is 0 Å². The summed E-state index contributed by atoms with van der Waals surface area (Å²) in [5.41, 5.74) is 6.28. The lowest BCUT2D eigenvalue weighted by molar-refractivity contribution is 0.0722. The fourth-order valence-electron chi connectivity index (χ4n) is 5.82. The Labute approximate surface area is 247 Å². The van der Waals surface area contributed by atoms with Crippen LogP contribution in [0.2, 0.25) is 5.02 Å². The number of carbonyl (C=O) groups is 1. The number of hydrogen-bond donors (Lipinski definition) is 0. The third kappa shape index (κ3) is 5.89. The average Bonchev–Trinajstić information content (AvgIpc) is 3.47. The Hall–Kier alpha value is -3.64. The SMILES string of the molecule is CCc1cccc(CC)c1-n1c(CC(C)C)c(C(=O)N2CCCCC2)cc(-n2ccc(-c3ccc(Cl)cc3)n2)c1=O. The van der Waals surface area contributed by atoms with Gasteiger partial charge in [-0.1, -0.05) is 69.6 Å². The number of para-hydroxylation sites is 1. The largest absolute Gasteiger partial charge is 0.339 e. The van der Waals surface area contributed by atoms with E-state index in [0.29, 0.717) is 22.7 Å². The first kappa shape index (κ1) is 28.9. The molecule has 1 aliphatic rings. The minimum Gasteiger partial charge on any atom is -0.339 e. The van der Waals surface area contributed by atoms with Gasteiger partial charge < -0.3 is 4.90 Å². The van der Waals surface area contributed by atoms with Gasteiger partial charge in [-0.2, -0.15) is 5.10 Å². The molecule has 1 aliphatic heterocycles. The van der Waals surface area contributed by atoms with Gasteiger partial charge in [-0.25, -0.2) is 4.68 Å². The number of aryl methyl sites for hydroxylation is 2. The molecule has 1 saturated heterocycles. The summed E-state index contributed by atoms with van der Waals surface area (Å²) >= 11 is 6.10. The Morgan fingerprint density at radius 1 is 0.951 bits per heavy atom. The lowest BCUT2D eigenvalue weighted by Gasteiger charge is -2.29. The quantitative estimate of drug-likeness (QED) is 0.223. The summed E-state index contributed by atoms with van der Waals surface area (Å²) in [4.78, 5) is 30.8. The Balaban J connectivity index is 1.80. The molecule has 0 spiro atoms. The van der Waals surface area contributed by atoms with E-state index < -0.39 is 0 Å². The van der Waals surface area contributed by atoms with Gasteiger partial charge in [-0.05, 0) is 79.8 Å². The predicted octanol–water partition coefficient (Wildman–Crippen LogP) is 7.29. The Morgan fingerprint density at radius 3 is 2.22 bits per heavy atom. The Morgan fingerprint density at radius 2 is 1.61 bits per heavy atom. The number of benzene rings is 2. The van der Waals surface area contributed by atoms with Crippen LogP contribution in [0.3, 0.4) is 0 Å². The smallest absolute Gasteiger partial charge is 0.281 e. The van der Waals surface area contributed by atoms with Crippen LogP contribution in [-0.2, 0) is 19.3 Å². The van der Waals surface area contributed by atoms with E-state index in [1.165, 1.54) is 0 Å². The summed E-state index contributed by atoms with van der Waals surface area (Å²) in [6, 6.07) is 17.4. The van der Waals surface area contributed by atoms with Gasteiger partial charge in [0.2, 0.25) is 0 Å². The molecule has 0 aliphatic carbocycles. The second-order valence-electron chi connectivity index (χ2n) is 11.3. The Bertz CT molecular complexity index is 1570. The van der Waals surface area contributed by atoms with E-state index in [4.69, 9.17) is 16.7 Å². The highest BCUT2D eigenvalue weighted by Gasteiger charge is 2.28. The number of likely N-dealkylation sites (tertiary alicyclic amines) is 1. The van der Waals surface area contributed by atoms with E-state index in [1.807, 2.05) is 39.8 Å². The molecule has 0 radical (unpaired) electrons. The van der Waals surface area contributed by atoms with Gasteiger partial charge in [-0.15, -0.1) is 0 Å². The van der Waals surface area contributed by atoms with Crippen LogP contribution in [0.25, 0.3) is 22.6 Å². The monoisotopic (exact) mass is 570 g/mol. The third-order valence-electron chi connectivity index (χ3n) is 7.92. The zero-order valence-corrected chi connectivity index (χ0v) is 25.2. The van der Waals surface area contributed by atoms with Gasteiger partial charge in [0.15, 0.2) is 0 Å². The number of piperidine rings is 1. The van der Waals surface area contributed by atoms with Crippen molar-refractivity contribution in [1.29, 1.82) is 0 Å². The molecule has 2 aromatic heterocycles. The van der Waals surface area contributed by atoms with Gasteiger partial charge in [0.25, 0.3) is 11.5 Å². The van der Waals surface area contributed by atoms with Gasteiger partial charge in [0.05, 0.1) is 16.9 Å². The maximum Gasteiger partial charge on any atom is 0.281 e. The lowest BCUT2D eigenvalue weighted by atomic mass is 9.97. The van der Waals surface area contributed by atoms with Crippen molar-refractivity contribution in [2.75, 3.05) is 13.1 Å². The molecule has 4 aromatic rings. The van der Waals surface area contributed by atoms with Crippen molar-refractivity contribution in [2.24, 2.45) is 5.92 Å². The molecule has 0 unspecified atom stereocenters. The molecule has 1 amide bonds. The van der Waals surface area contributed by atoms with Crippen LogP contribution in [-0.4, -0.2) is 38.2 Å². The fraction of sp³-hybridized carbons (Fsp3) is 0.382. The van der Waals surface area contributed by atoms with E-state index in [9.17, 15) is 9.59 Å². The number of halogens is 1. The molecule has 5 rings (SSSR count). The first-order valence-corrected chi connectivity index (χ1v) is 15.2. The summed E-state index contributed by atoms with van der Waals surface area (Å²) in [7, 11) is 0. The van der Waals surface area contributed by atoms with E-state index in [2.05, 4.69) is 45.9 Å². The molecular weight excluding hydrogens is 532 g/mol. The second-order valence-corrected chi connectivity index (χ2v) is 11.7. The fourth-order valence-corrected chi connectivity index (χ4v) is 5.94. The van der Waals surface area contributed by atoms with Crippen molar-refractivity contribution in [3.05, 3.63) is 98.6 Å². The minimum absolute atomic E-state index is 0.00698. The average molecular weight is 571 g/mol. The maximum absolute atomic E-state index is 14.6. The molecule has 7 heteroatoms. The van der Waals surface area contributed by atoms with Crippen LogP contribution in [0, 0.1) is 5.92 Å². The maximum atomic E-state index is 14.6. The standard InChI is InChI=1S/C34H39ClN4O2/c1-5-24-11-10-12-25(6-2)32(24)39-30(21-23(3)4)28(33(40)37-18-8-7-9-19-37)22-31(34(39)41)38-20-17-29(36-38)26-13-15-27(35)16-14-26/h10-17,20,22-23H,5-9,18-19,21H2,1-4H3. The van der Waals surface area contributed by atoms with Gasteiger partial charge in [0, 0.05) is 35.6 Å². The summed E-state index contributed by atoms with van der Waals surface area (Å²) in [5, 5.41) is 5.45. The molecule has 6 nitrogen and oxygen atoms in total. The van der Waals surface area contributed by atoms with Crippen LogP contribution in [0.1, 0.15) is 74.1 Å². The highest BCUT2D eigenvalue weighted by molar-refractivity contribution is 6.30. The number of aromatic nitrogens is 3. The van der Waals surface area contributed by atoms with E-state index in [0.717, 1.165) is 79.0 Å². The zero-order chi connectivity index (χ0) is 29.1. The van der Waals surface area contributed by atoms with Gasteiger partial charge >= 0.3 is 0 Å². The predicted molar refractivity (Wildman–Crippen MR) is 167 cm³/mol. The summed E-state index contributed by atoms with van der Waals surface area (Å²) in [6.45, 7) is 9.97. The van der Waals surface area contributed by atoms with Crippen molar-refractivity contribution in [3.8, 4) is 22.6 Å². The third-order valence-corrected chi connectivity index (χ3v) is 8.18. The molecule has 1 fully saturated rings. The molecule has 0 atom stereocenters. The van der Waals surface area contributed by atoms with Crippen molar-refractivity contribution >= 4 is 17.5 Å². The van der Waals surface area contributed by atoms with Crippen LogP contribution >= 0.6 is 11.6 Å². The first-order valence-electron chi connectivity index (χ1n) is 14.8. The van der Waals surface area contributed by atoms with Gasteiger partial charge in [-0.3, -0.25) is 14.2 Å². The highest BCUT2D eigenvalue weighted by Crippen LogP contribution is 2.28. The highest BCUT2D eigenvalue weighted by atomic mass is 35.5. The topological polar surface area (TPSA) is 60.1 Å². The van der Waals surface area contributed by atoms with Crippen LogP contribution in [0.5, 0.6) is 0 Å². The van der Waals surface area contributed by atoms with E-state index in [1.54, 1.807) is 16.9 Å². The van der Waals surface area contributed by atoms with E-state index in [-0.39, 0.29) is 17.4 Å². The Kier molecular flexibility index (Phi) is 8.79. The van der Waals surface area contributed by atoms with Crippen molar-refractivity contribution in [1.82, 2.24) is 19.2 Å². The molecule has 0 saturated carbocycles. The van der Waals surface area contributed by atoms with Crippen LogP contribution in [0.15, 0.2) is 65.6 Å². The molecule has 214 valence electrons. The molecule has 0 bridgehead atoms. The first-order chi connectivity index (χ1) is 19.8. The van der Waals surface area contributed by atoms with E-state index >= 15 is 0 Å². The van der Waals surface area contributed by atoms with Crippen molar-refractivity contribution in [2.45, 2.75) is 66.2 Å². The summed E-state index contributed by atoms with van der Waals surface area (Å²) in [6.07, 6.45) is 7.10. The molecule has 41 heavy (non-hydrogen) atoms. The molecular formula is C34H39ClN4O2. The molecule has 3 heterocycles. The number of carbonyl (C=O) groups excluding carboxylic acids is 1. The second kappa shape index (κ2) is 12.5. The van der Waals surface area contributed by atoms with Crippen molar-refractivity contribution in [3.63, 3.8) is 0 Å². The lowest BCUT2D eigenvalue weighted by Crippen LogP contribution is -2.38. The minimum atomic E-state index is -0.169. The number of hydrogen-bond acceptors (Lipinski definition) is 3. The summed E-state index contributed by atoms with van der Waals surface area (Å²) < 4.78 is 3.46. The number of nitrogens with zero attached hydrogens (tertiary/aromatic N) is 4. The number of rotatable bonds is 8. The van der Waals surface area contributed by atoms with Crippen LogP contribution < -0.4 is 5.56 Å². The molecule has 0 N–H and O–H groups in total. The van der Waals surface area contributed by atoms with Crippen molar-refractivity contribution < 1.29 is 4.79 Å². The molecule has 2 aromatic carbocycles.